The molecule has 3 rings (SSSR count). The summed E-state index contributed by atoms with van der Waals surface area (Å²) in [4.78, 5) is 12.7. The second-order valence-electron chi connectivity index (χ2n) is 6.94. The molecular weight excluding hydrogens is 326 g/mol. The molecule has 7 heteroatoms. The Labute approximate surface area is 143 Å². The fraction of sp³-hybridized carbons (Fsp3) is 0.588. The monoisotopic (exact) mass is 351 g/mol. The van der Waals surface area contributed by atoms with Crippen molar-refractivity contribution < 1.29 is 13.2 Å². The summed E-state index contributed by atoms with van der Waals surface area (Å²) >= 11 is 0. The van der Waals surface area contributed by atoms with Gasteiger partial charge >= 0.3 is 0 Å². The van der Waals surface area contributed by atoms with Gasteiger partial charge in [-0.15, -0.1) is 0 Å². The minimum absolute atomic E-state index is 0.0350. The molecule has 6 nitrogen and oxygen atoms in total. The van der Waals surface area contributed by atoms with E-state index in [1.807, 2.05) is 0 Å². The Morgan fingerprint density at radius 3 is 2.67 bits per heavy atom. The van der Waals surface area contributed by atoms with Crippen molar-refractivity contribution in [2.24, 2.45) is 5.92 Å². The van der Waals surface area contributed by atoms with Gasteiger partial charge < -0.3 is 10.6 Å². The quantitative estimate of drug-likeness (QED) is 0.754. The Morgan fingerprint density at radius 1 is 1.25 bits per heavy atom. The number of sulfonamides is 1. The van der Waals surface area contributed by atoms with Gasteiger partial charge in [0, 0.05) is 23.7 Å². The third-order valence-electron chi connectivity index (χ3n) is 4.64. The van der Waals surface area contributed by atoms with Crippen LogP contribution in [-0.2, 0) is 14.8 Å². The van der Waals surface area contributed by atoms with E-state index in [1.165, 1.54) is 0 Å². The second kappa shape index (κ2) is 6.82. The van der Waals surface area contributed by atoms with Gasteiger partial charge in [0.1, 0.15) is 0 Å². The molecule has 24 heavy (non-hydrogen) atoms. The van der Waals surface area contributed by atoms with Gasteiger partial charge in [-0.3, -0.25) is 4.79 Å². The lowest BCUT2D eigenvalue weighted by Crippen LogP contribution is -2.40. The summed E-state index contributed by atoms with van der Waals surface area (Å²) in [5.74, 6) is -0.0714. The van der Waals surface area contributed by atoms with E-state index in [2.05, 4.69) is 22.3 Å². The van der Waals surface area contributed by atoms with Crippen molar-refractivity contribution >= 4 is 21.6 Å². The number of carbonyl (C=O) groups excluding carboxylic acids is 1. The van der Waals surface area contributed by atoms with E-state index in [0.29, 0.717) is 17.3 Å². The third kappa shape index (κ3) is 4.15. The lowest BCUT2D eigenvalue weighted by Gasteiger charge is -2.27. The molecule has 3 N–H and O–H groups in total. The zero-order valence-corrected chi connectivity index (χ0v) is 14.9. The van der Waals surface area contributed by atoms with E-state index in [1.54, 1.807) is 25.1 Å². The summed E-state index contributed by atoms with van der Waals surface area (Å²) in [6, 6.07) is 5.44. The Balaban J connectivity index is 1.74. The molecule has 0 bridgehead atoms. The first kappa shape index (κ1) is 17.4. The maximum atomic E-state index is 12.5. The first-order valence-corrected chi connectivity index (χ1v) is 10.0. The molecule has 0 radical (unpaired) electrons. The first-order chi connectivity index (χ1) is 11.3. The number of nitrogens with one attached hydrogen (secondary N) is 3. The molecule has 2 fully saturated rings. The SMILES string of the molecule is Cc1ccc(NC(=O)[C@H]2CCN[C@@H](C)C2)cc1S(=O)(=O)NC1CC1. The molecule has 1 aromatic carbocycles. The molecule has 1 amide bonds. The molecule has 1 aromatic rings. The highest BCUT2D eigenvalue weighted by Crippen LogP contribution is 2.26. The highest BCUT2D eigenvalue weighted by molar-refractivity contribution is 7.89. The number of carbonyl (C=O) groups is 1. The molecular formula is C17H25N3O3S. The van der Waals surface area contributed by atoms with Crippen LogP contribution in [0.1, 0.15) is 38.2 Å². The zero-order valence-electron chi connectivity index (χ0n) is 14.1. The van der Waals surface area contributed by atoms with Crippen molar-refractivity contribution in [2.75, 3.05) is 11.9 Å². The average Bonchev–Trinajstić information content (AvgIpc) is 3.32. The molecule has 1 saturated heterocycles. The number of aryl methyl sites for hydroxylation is 1. The lowest BCUT2D eigenvalue weighted by molar-refractivity contribution is -0.120. The van der Waals surface area contributed by atoms with Gasteiger partial charge in [-0.2, -0.15) is 0 Å². The van der Waals surface area contributed by atoms with Crippen LogP contribution in [0.25, 0.3) is 0 Å². The van der Waals surface area contributed by atoms with Gasteiger partial charge in [-0.25, -0.2) is 13.1 Å². The standard InChI is InChI=1S/C17H25N3O3S/c1-11-3-4-15(10-16(11)24(22,23)20-14-5-6-14)19-17(21)13-7-8-18-12(2)9-13/h3-4,10,12-14,18,20H,5-9H2,1-2H3,(H,19,21)/t12-,13-/m0/s1. The molecule has 0 unspecified atom stereocenters. The largest absolute Gasteiger partial charge is 0.326 e. The van der Waals surface area contributed by atoms with E-state index >= 15 is 0 Å². The van der Waals surface area contributed by atoms with Crippen LogP contribution in [0.5, 0.6) is 0 Å². The predicted octanol–water partition coefficient (Wildman–Crippen LogP) is 1.76. The molecule has 1 aliphatic carbocycles. The molecule has 132 valence electrons. The second-order valence-corrected chi connectivity index (χ2v) is 8.62. The zero-order chi connectivity index (χ0) is 17.3. The smallest absolute Gasteiger partial charge is 0.241 e. The summed E-state index contributed by atoms with van der Waals surface area (Å²) < 4.78 is 27.6. The molecule has 2 aliphatic rings. The molecule has 0 spiro atoms. The highest BCUT2D eigenvalue weighted by Gasteiger charge is 2.29. The minimum Gasteiger partial charge on any atom is -0.326 e. The van der Waals surface area contributed by atoms with Crippen molar-refractivity contribution in [1.82, 2.24) is 10.0 Å². The number of hydrogen-bond donors (Lipinski definition) is 3. The minimum atomic E-state index is -3.53. The summed E-state index contributed by atoms with van der Waals surface area (Å²) in [6.07, 6.45) is 3.38. The number of anilines is 1. The van der Waals surface area contributed by atoms with Crippen molar-refractivity contribution in [3.63, 3.8) is 0 Å². The topological polar surface area (TPSA) is 87.3 Å². The maximum absolute atomic E-state index is 12.5. The number of benzene rings is 1. The molecule has 1 aliphatic heterocycles. The van der Waals surface area contributed by atoms with Gasteiger partial charge in [-0.05, 0) is 63.8 Å². The number of amides is 1. The van der Waals surface area contributed by atoms with Gasteiger partial charge in [0.15, 0.2) is 0 Å². The first-order valence-electron chi connectivity index (χ1n) is 8.52. The highest BCUT2D eigenvalue weighted by atomic mass is 32.2. The van der Waals surface area contributed by atoms with Crippen LogP contribution >= 0.6 is 0 Å². The van der Waals surface area contributed by atoms with E-state index < -0.39 is 10.0 Å². The molecule has 1 saturated carbocycles. The van der Waals surface area contributed by atoms with Crippen LogP contribution in [0.15, 0.2) is 23.1 Å². The summed E-state index contributed by atoms with van der Waals surface area (Å²) in [5, 5.41) is 6.21. The van der Waals surface area contributed by atoms with E-state index in [9.17, 15) is 13.2 Å². The van der Waals surface area contributed by atoms with Crippen molar-refractivity contribution in [3.05, 3.63) is 23.8 Å². The average molecular weight is 351 g/mol. The number of piperidine rings is 1. The molecule has 2 atom stereocenters. The van der Waals surface area contributed by atoms with E-state index in [0.717, 1.165) is 32.2 Å². The molecule has 1 heterocycles. The molecule has 0 aromatic heterocycles. The van der Waals surface area contributed by atoms with Gasteiger partial charge in [-0.1, -0.05) is 6.07 Å². The van der Waals surface area contributed by atoms with Gasteiger partial charge in [0.05, 0.1) is 4.90 Å². The Kier molecular flexibility index (Phi) is 4.94. The third-order valence-corrected chi connectivity index (χ3v) is 6.30. The fourth-order valence-corrected chi connectivity index (χ4v) is 4.64. The van der Waals surface area contributed by atoms with Crippen LogP contribution in [0.3, 0.4) is 0 Å². The Bertz CT molecular complexity index is 729. The van der Waals surface area contributed by atoms with Crippen molar-refractivity contribution in [2.45, 2.75) is 56.5 Å². The maximum Gasteiger partial charge on any atom is 0.241 e. The van der Waals surface area contributed by atoms with Crippen molar-refractivity contribution in [1.29, 1.82) is 0 Å². The van der Waals surface area contributed by atoms with Crippen LogP contribution < -0.4 is 15.4 Å². The normalized spacial score (nSPS) is 24.6. The van der Waals surface area contributed by atoms with E-state index in [4.69, 9.17) is 0 Å². The fourth-order valence-electron chi connectivity index (χ4n) is 3.07. The number of hydrogen-bond acceptors (Lipinski definition) is 4. The predicted molar refractivity (Wildman–Crippen MR) is 93.3 cm³/mol. The van der Waals surface area contributed by atoms with Gasteiger partial charge in [0.25, 0.3) is 0 Å². The lowest BCUT2D eigenvalue weighted by atomic mass is 9.92. The van der Waals surface area contributed by atoms with Crippen LogP contribution in [0.2, 0.25) is 0 Å². The van der Waals surface area contributed by atoms with Crippen molar-refractivity contribution in [3.8, 4) is 0 Å². The summed E-state index contributed by atoms with van der Waals surface area (Å²) in [5.41, 5.74) is 1.21. The number of rotatable bonds is 5. The van der Waals surface area contributed by atoms with Crippen LogP contribution in [0.4, 0.5) is 5.69 Å². The Morgan fingerprint density at radius 2 is 2.00 bits per heavy atom. The van der Waals surface area contributed by atoms with Crippen LogP contribution in [0, 0.1) is 12.8 Å². The van der Waals surface area contributed by atoms with Gasteiger partial charge in [0.2, 0.25) is 15.9 Å². The van der Waals surface area contributed by atoms with E-state index in [-0.39, 0.29) is 22.8 Å². The summed E-state index contributed by atoms with van der Waals surface area (Å²) in [7, 11) is -3.53. The summed E-state index contributed by atoms with van der Waals surface area (Å²) in [6.45, 7) is 4.67. The van der Waals surface area contributed by atoms with Crippen LogP contribution in [-0.4, -0.2) is 33.0 Å². The Hall–Kier alpha value is -1.44.